The fraction of sp³-hybridized carbons (Fsp3) is 0.667. The summed E-state index contributed by atoms with van der Waals surface area (Å²) in [6.07, 6.45) is 5.31. The Hall–Kier alpha value is -1.36. The van der Waals surface area contributed by atoms with Gasteiger partial charge in [0, 0.05) is 18.7 Å². The lowest BCUT2D eigenvalue weighted by atomic mass is 10.1. The van der Waals surface area contributed by atoms with Crippen molar-refractivity contribution in [1.82, 2.24) is 14.9 Å². The third kappa shape index (κ3) is 3.30. The van der Waals surface area contributed by atoms with Gasteiger partial charge in [0.05, 0.1) is 7.11 Å². The molecule has 2 heterocycles. The molecule has 0 spiro atoms. The van der Waals surface area contributed by atoms with Crippen LogP contribution in [0.1, 0.15) is 19.3 Å². The van der Waals surface area contributed by atoms with Crippen LogP contribution in [0, 0.1) is 0 Å². The normalized spacial score (nSPS) is 20.5. The Kier molecular flexibility index (Phi) is 4.14. The number of hydrogen-bond donors (Lipinski definition) is 1. The summed E-state index contributed by atoms with van der Waals surface area (Å²) in [6, 6.07) is 2.53. The summed E-state index contributed by atoms with van der Waals surface area (Å²) in [5.41, 5.74) is 0. The van der Waals surface area contributed by atoms with E-state index in [1.165, 1.54) is 25.7 Å². The molecule has 0 aliphatic carbocycles. The van der Waals surface area contributed by atoms with E-state index >= 15 is 0 Å². The predicted molar refractivity (Wildman–Crippen MR) is 67.3 cm³/mol. The highest BCUT2D eigenvalue weighted by molar-refractivity contribution is 5.36. The third-order valence-corrected chi connectivity index (χ3v) is 3.31. The maximum atomic E-state index is 5.05. The molecule has 1 aliphatic rings. The second-order valence-electron chi connectivity index (χ2n) is 4.44. The molecule has 0 amide bonds. The van der Waals surface area contributed by atoms with Crippen LogP contribution in [0.4, 0.5) is 5.82 Å². The van der Waals surface area contributed by atoms with E-state index in [0.29, 0.717) is 11.9 Å². The molecule has 5 heteroatoms. The van der Waals surface area contributed by atoms with Gasteiger partial charge in [-0.25, -0.2) is 9.97 Å². The van der Waals surface area contributed by atoms with Gasteiger partial charge in [0.25, 0.3) is 0 Å². The molecule has 1 unspecified atom stereocenters. The number of nitrogens with zero attached hydrogens (tertiary/aromatic N) is 3. The predicted octanol–water partition coefficient (Wildman–Crippen LogP) is 1.38. The van der Waals surface area contributed by atoms with Gasteiger partial charge < -0.3 is 15.0 Å². The molecule has 1 atom stereocenters. The lowest BCUT2D eigenvalue weighted by molar-refractivity contribution is 0.301. The summed E-state index contributed by atoms with van der Waals surface area (Å²) < 4.78 is 5.05. The number of nitrogens with one attached hydrogen (secondary N) is 1. The molecule has 0 bridgehead atoms. The second kappa shape index (κ2) is 5.82. The quantitative estimate of drug-likeness (QED) is 0.837. The largest absolute Gasteiger partial charge is 0.481 e. The first-order valence-corrected chi connectivity index (χ1v) is 6.10. The summed E-state index contributed by atoms with van der Waals surface area (Å²) in [7, 11) is 3.81. The van der Waals surface area contributed by atoms with Crippen LogP contribution in [-0.2, 0) is 0 Å². The molecule has 1 N–H and O–H groups in total. The van der Waals surface area contributed by atoms with Gasteiger partial charge in [0.1, 0.15) is 12.1 Å². The van der Waals surface area contributed by atoms with Crippen LogP contribution in [0.25, 0.3) is 0 Å². The van der Waals surface area contributed by atoms with Gasteiger partial charge in [-0.1, -0.05) is 0 Å². The van der Waals surface area contributed by atoms with Crippen molar-refractivity contribution >= 4 is 5.82 Å². The van der Waals surface area contributed by atoms with Crippen molar-refractivity contribution in [1.29, 1.82) is 0 Å². The fourth-order valence-corrected chi connectivity index (χ4v) is 2.26. The first-order valence-electron chi connectivity index (χ1n) is 6.10. The Morgan fingerprint density at radius 3 is 3.12 bits per heavy atom. The molecule has 5 nitrogen and oxygen atoms in total. The average molecular weight is 236 g/mol. The number of hydrogen-bond acceptors (Lipinski definition) is 5. The summed E-state index contributed by atoms with van der Waals surface area (Å²) in [5, 5.41) is 3.31. The lowest BCUT2D eigenvalue weighted by Crippen LogP contribution is -2.27. The number of likely N-dealkylation sites (tertiary alicyclic amines) is 1. The van der Waals surface area contributed by atoms with E-state index in [2.05, 4.69) is 27.2 Å². The van der Waals surface area contributed by atoms with E-state index in [1.807, 2.05) is 6.07 Å². The van der Waals surface area contributed by atoms with Gasteiger partial charge in [-0.15, -0.1) is 0 Å². The minimum atomic E-state index is 0.598. The number of aromatic nitrogens is 2. The third-order valence-electron chi connectivity index (χ3n) is 3.31. The fourth-order valence-electron chi connectivity index (χ4n) is 2.26. The topological polar surface area (TPSA) is 50.3 Å². The van der Waals surface area contributed by atoms with Gasteiger partial charge >= 0.3 is 0 Å². The van der Waals surface area contributed by atoms with Crippen LogP contribution in [0.5, 0.6) is 5.88 Å². The SMILES string of the molecule is COc1cc(NCCC2CCCN2C)ncn1. The van der Waals surface area contributed by atoms with E-state index in [-0.39, 0.29) is 0 Å². The van der Waals surface area contributed by atoms with Crippen LogP contribution in [0.2, 0.25) is 0 Å². The Labute approximate surface area is 102 Å². The minimum Gasteiger partial charge on any atom is -0.481 e. The zero-order valence-corrected chi connectivity index (χ0v) is 10.5. The van der Waals surface area contributed by atoms with Crippen LogP contribution < -0.4 is 10.1 Å². The highest BCUT2D eigenvalue weighted by atomic mass is 16.5. The summed E-state index contributed by atoms with van der Waals surface area (Å²) in [5.74, 6) is 1.43. The average Bonchev–Trinajstić information content (AvgIpc) is 2.76. The number of ether oxygens (including phenoxy) is 1. The summed E-state index contributed by atoms with van der Waals surface area (Å²) in [6.45, 7) is 2.17. The molecule has 0 radical (unpaired) electrons. The van der Waals surface area contributed by atoms with Crippen molar-refractivity contribution in [2.24, 2.45) is 0 Å². The molecule has 94 valence electrons. The maximum absolute atomic E-state index is 5.05. The highest BCUT2D eigenvalue weighted by Crippen LogP contribution is 2.18. The minimum absolute atomic E-state index is 0.598. The van der Waals surface area contributed by atoms with Crippen LogP contribution in [0.3, 0.4) is 0 Å². The first kappa shape index (κ1) is 12.1. The van der Waals surface area contributed by atoms with E-state index < -0.39 is 0 Å². The molecule has 0 saturated carbocycles. The van der Waals surface area contributed by atoms with E-state index in [0.717, 1.165) is 18.8 Å². The Morgan fingerprint density at radius 1 is 1.53 bits per heavy atom. The molecule has 1 fully saturated rings. The summed E-state index contributed by atoms with van der Waals surface area (Å²) in [4.78, 5) is 10.6. The van der Waals surface area contributed by atoms with Crippen LogP contribution in [0.15, 0.2) is 12.4 Å². The standard InChI is InChI=1S/C12H20N4O/c1-16-7-3-4-10(16)5-6-13-11-8-12(17-2)15-9-14-11/h8-10H,3-7H2,1-2H3,(H,13,14,15). The molecule has 1 aromatic rings. The molecule has 1 aromatic heterocycles. The summed E-state index contributed by atoms with van der Waals surface area (Å²) >= 11 is 0. The molecular weight excluding hydrogens is 216 g/mol. The molecule has 1 saturated heterocycles. The molecule has 1 aliphatic heterocycles. The van der Waals surface area contributed by atoms with Crippen molar-refractivity contribution in [2.75, 3.05) is 32.6 Å². The smallest absolute Gasteiger partial charge is 0.218 e. The number of anilines is 1. The zero-order valence-electron chi connectivity index (χ0n) is 10.5. The maximum Gasteiger partial charge on any atom is 0.218 e. The van der Waals surface area contributed by atoms with Crippen molar-refractivity contribution in [2.45, 2.75) is 25.3 Å². The molecule has 2 rings (SSSR count). The highest BCUT2D eigenvalue weighted by Gasteiger charge is 2.19. The van der Waals surface area contributed by atoms with Gasteiger partial charge in [0.15, 0.2) is 0 Å². The van der Waals surface area contributed by atoms with Gasteiger partial charge in [-0.05, 0) is 32.9 Å². The Morgan fingerprint density at radius 2 is 2.41 bits per heavy atom. The monoisotopic (exact) mass is 236 g/mol. The van der Waals surface area contributed by atoms with Crippen molar-refractivity contribution in [3.05, 3.63) is 12.4 Å². The van der Waals surface area contributed by atoms with Gasteiger partial charge in [0.2, 0.25) is 5.88 Å². The molecular formula is C12H20N4O. The first-order chi connectivity index (χ1) is 8.29. The number of rotatable bonds is 5. The Bertz CT molecular complexity index is 358. The molecule has 0 aromatic carbocycles. The van der Waals surface area contributed by atoms with E-state index in [9.17, 15) is 0 Å². The zero-order chi connectivity index (χ0) is 12.1. The van der Waals surface area contributed by atoms with Crippen molar-refractivity contribution < 1.29 is 4.74 Å². The van der Waals surface area contributed by atoms with Crippen LogP contribution in [-0.4, -0.2) is 48.2 Å². The Balaban J connectivity index is 1.77. The second-order valence-corrected chi connectivity index (χ2v) is 4.44. The number of methoxy groups -OCH3 is 1. The van der Waals surface area contributed by atoms with E-state index in [4.69, 9.17) is 4.74 Å². The van der Waals surface area contributed by atoms with Gasteiger partial charge in [-0.3, -0.25) is 0 Å². The van der Waals surface area contributed by atoms with Crippen molar-refractivity contribution in [3.63, 3.8) is 0 Å². The van der Waals surface area contributed by atoms with Crippen LogP contribution >= 0.6 is 0 Å². The van der Waals surface area contributed by atoms with E-state index in [1.54, 1.807) is 7.11 Å². The lowest BCUT2D eigenvalue weighted by Gasteiger charge is -2.19. The van der Waals surface area contributed by atoms with Crippen molar-refractivity contribution in [3.8, 4) is 5.88 Å². The molecule has 17 heavy (non-hydrogen) atoms. The van der Waals surface area contributed by atoms with Gasteiger partial charge in [-0.2, -0.15) is 0 Å².